The molecule has 98 valence electrons. The van der Waals surface area contributed by atoms with Gasteiger partial charge in [0.15, 0.2) is 0 Å². The first kappa shape index (κ1) is 16.2. The third kappa shape index (κ3) is 14.2. The predicted octanol–water partition coefficient (Wildman–Crippen LogP) is 4.43. The van der Waals surface area contributed by atoms with Crippen LogP contribution in [0, 0.1) is 0 Å². The van der Waals surface area contributed by atoms with E-state index in [9.17, 15) is 4.79 Å². The molecule has 0 spiro atoms. The second-order valence-corrected chi connectivity index (χ2v) is 3.72. The Labute approximate surface area is 110 Å². The molecular weight excluding hydrogens is 224 g/mol. The molecule has 0 atom stereocenters. The number of aliphatic carboxylic acids is 1. The van der Waals surface area contributed by atoms with Crippen LogP contribution in [0.4, 0.5) is 0 Å². The number of carbonyl (C=O) groups is 1. The number of hydrogen-bond donors (Lipinski definition) is 1. The molecule has 0 aromatic carbocycles. The minimum atomic E-state index is -0.795. The Balaban J connectivity index is 3.62. The van der Waals surface area contributed by atoms with Crippen molar-refractivity contribution in [3.63, 3.8) is 0 Å². The Bertz CT molecular complexity index is 344. The summed E-state index contributed by atoms with van der Waals surface area (Å²) in [6.07, 6.45) is 22.7. The van der Waals surface area contributed by atoms with Crippen molar-refractivity contribution in [3.8, 4) is 0 Å². The van der Waals surface area contributed by atoms with Gasteiger partial charge in [-0.1, -0.05) is 74.1 Å². The van der Waals surface area contributed by atoms with Gasteiger partial charge in [-0.2, -0.15) is 0 Å². The Morgan fingerprint density at radius 1 is 0.889 bits per heavy atom. The van der Waals surface area contributed by atoms with Crippen molar-refractivity contribution in [2.24, 2.45) is 0 Å². The van der Waals surface area contributed by atoms with Crippen LogP contribution in [-0.4, -0.2) is 11.1 Å². The van der Waals surface area contributed by atoms with Crippen molar-refractivity contribution < 1.29 is 9.90 Å². The van der Waals surface area contributed by atoms with E-state index >= 15 is 0 Å². The van der Waals surface area contributed by atoms with Crippen molar-refractivity contribution in [2.45, 2.75) is 32.6 Å². The van der Waals surface area contributed by atoms with E-state index in [2.05, 4.69) is 13.0 Å². The van der Waals surface area contributed by atoms with Crippen molar-refractivity contribution in [2.75, 3.05) is 0 Å². The standard InChI is InChI=1S/C16H22O2/c1-2-3-4-5-6-7-8-9-10-11-12-13-14-15-16(17)18/h4-11,13-14H,2-3,12,15H2,1H3,(H,17,18)/b5-4-,7-6+,9-8+,11-10-,14-13-. The Kier molecular flexibility index (Phi) is 11.9. The van der Waals surface area contributed by atoms with E-state index in [1.165, 1.54) is 6.42 Å². The molecule has 0 saturated carbocycles. The third-order valence-electron chi connectivity index (χ3n) is 2.01. The number of hydrogen-bond acceptors (Lipinski definition) is 1. The summed E-state index contributed by atoms with van der Waals surface area (Å²) >= 11 is 0. The molecule has 0 aliphatic heterocycles. The van der Waals surface area contributed by atoms with Gasteiger partial charge in [-0.25, -0.2) is 0 Å². The van der Waals surface area contributed by atoms with Crippen molar-refractivity contribution >= 4 is 5.97 Å². The van der Waals surface area contributed by atoms with Crippen molar-refractivity contribution in [1.82, 2.24) is 0 Å². The lowest BCUT2D eigenvalue weighted by Gasteiger charge is -1.82. The largest absolute Gasteiger partial charge is 0.481 e. The van der Waals surface area contributed by atoms with Gasteiger partial charge in [0.2, 0.25) is 0 Å². The summed E-state index contributed by atoms with van der Waals surface area (Å²) in [6.45, 7) is 2.16. The fourth-order valence-corrected chi connectivity index (χ4v) is 1.11. The maximum atomic E-state index is 10.2. The van der Waals surface area contributed by atoms with Crippen molar-refractivity contribution in [1.29, 1.82) is 0 Å². The molecule has 0 amide bonds. The first-order valence-electron chi connectivity index (χ1n) is 6.29. The molecule has 2 nitrogen and oxygen atoms in total. The van der Waals surface area contributed by atoms with Crippen LogP contribution in [0.5, 0.6) is 0 Å². The predicted molar refractivity (Wildman–Crippen MR) is 77.5 cm³/mol. The lowest BCUT2D eigenvalue weighted by molar-refractivity contribution is -0.136. The molecule has 0 bridgehead atoms. The maximum Gasteiger partial charge on any atom is 0.307 e. The van der Waals surface area contributed by atoms with Crippen LogP contribution in [0.25, 0.3) is 0 Å². The molecule has 0 saturated heterocycles. The summed E-state index contributed by atoms with van der Waals surface area (Å²) in [4.78, 5) is 10.2. The number of carboxylic acid groups (broad SMARTS) is 1. The zero-order chi connectivity index (χ0) is 13.5. The molecule has 0 aliphatic carbocycles. The smallest absolute Gasteiger partial charge is 0.307 e. The number of unbranched alkanes of at least 4 members (excludes halogenated alkanes) is 1. The molecule has 0 heterocycles. The Morgan fingerprint density at radius 2 is 1.50 bits per heavy atom. The quantitative estimate of drug-likeness (QED) is 0.482. The van der Waals surface area contributed by atoms with Gasteiger partial charge < -0.3 is 5.11 Å². The van der Waals surface area contributed by atoms with Gasteiger partial charge in [0.25, 0.3) is 0 Å². The first-order chi connectivity index (χ1) is 8.77. The highest BCUT2D eigenvalue weighted by atomic mass is 16.4. The molecular formula is C16H22O2. The van der Waals surface area contributed by atoms with Gasteiger partial charge in [0, 0.05) is 0 Å². The van der Waals surface area contributed by atoms with E-state index in [1.54, 1.807) is 6.08 Å². The monoisotopic (exact) mass is 246 g/mol. The summed E-state index contributed by atoms with van der Waals surface area (Å²) in [6, 6.07) is 0. The highest BCUT2D eigenvalue weighted by Gasteiger charge is 1.86. The molecule has 0 unspecified atom stereocenters. The topological polar surface area (TPSA) is 37.3 Å². The van der Waals surface area contributed by atoms with Crippen LogP contribution >= 0.6 is 0 Å². The average molecular weight is 246 g/mol. The molecule has 0 aromatic rings. The second-order valence-electron chi connectivity index (χ2n) is 3.72. The maximum absolute atomic E-state index is 10.2. The van der Waals surface area contributed by atoms with E-state index in [1.807, 2.05) is 48.6 Å². The van der Waals surface area contributed by atoms with Gasteiger partial charge in [-0.3, -0.25) is 4.79 Å². The van der Waals surface area contributed by atoms with Crippen molar-refractivity contribution in [3.05, 3.63) is 60.8 Å². The number of allylic oxidation sites excluding steroid dienone is 9. The highest BCUT2D eigenvalue weighted by Crippen LogP contribution is 1.91. The van der Waals surface area contributed by atoms with Gasteiger partial charge in [0.05, 0.1) is 6.42 Å². The first-order valence-corrected chi connectivity index (χ1v) is 6.29. The fraction of sp³-hybridized carbons (Fsp3) is 0.312. The van der Waals surface area contributed by atoms with E-state index in [0.717, 1.165) is 12.8 Å². The van der Waals surface area contributed by atoms with Crippen LogP contribution in [0.1, 0.15) is 32.6 Å². The Morgan fingerprint density at radius 3 is 2.11 bits per heavy atom. The number of rotatable bonds is 9. The molecule has 0 fully saturated rings. The average Bonchev–Trinajstić information content (AvgIpc) is 2.34. The minimum Gasteiger partial charge on any atom is -0.481 e. The molecule has 2 heteroatoms. The Hall–Kier alpha value is -1.83. The molecule has 0 rings (SSSR count). The molecule has 18 heavy (non-hydrogen) atoms. The lowest BCUT2D eigenvalue weighted by atomic mass is 10.3. The van der Waals surface area contributed by atoms with E-state index in [-0.39, 0.29) is 6.42 Å². The summed E-state index contributed by atoms with van der Waals surface area (Å²) in [5, 5.41) is 8.40. The molecule has 0 radical (unpaired) electrons. The fourth-order valence-electron chi connectivity index (χ4n) is 1.11. The van der Waals surface area contributed by atoms with Gasteiger partial charge in [-0.05, 0) is 12.8 Å². The molecule has 1 N–H and O–H groups in total. The van der Waals surface area contributed by atoms with Gasteiger partial charge in [-0.15, -0.1) is 0 Å². The van der Waals surface area contributed by atoms with Crippen LogP contribution in [0.15, 0.2) is 60.8 Å². The molecule has 0 aromatic heterocycles. The minimum absolute atomic E-state index is 0.0938. The second kappa shape index (κ2) is 13.2. The van der Waals surface area contributed by atoms with Crippen LogP contribution in [0.2, 0.25) is 0 Å². The van der Waals surface area contributed by atoms with Crippen LogP contribution in [0.3, 0.4) is 0 Å². The van der Waals surface area contributed by atoms with E-state index in [4.69, 9.17) is 5.11 Å². The summed E-state index contributed by atoms with van der Waals surface area (Å²) < 4.78 is 0. The SMILES string of the molecule is CCC\C=C/C=C/C=C/C=C\C/C=C\CC(=O)O. The summed E-state index contributed by atoms with van der Waals surface area (Å²) in [5.41, 5.74) is 0. The number of carboxylic acids is 1. The third-order valence-corrected chi connectivity index (χ3v) is 2.01. The molecule has 0 aliphatic rings. The summed E-state index contributed by atoms with van der Waals surface area (Å²) in [7, 11) is 0. The lowest BCUT2D eigenvalue weighted by Crippen LogP contribution is -1.89. The van der Waals surface area contributed by atoms with Gasteiger partial charge >= 0.3 is 5.97 Å². The van der Waals surface area contributed by atoms with Gasteiger partial charge in [0.1, 0.15) is 0 Å². The zero-order valence-corrected chi connectivity index (χ0v) is 11.0. The van der Waals surface area contributed by atoms with Crippen LogP contribution < -0.4 is 0 Å². The van der Waals surface area contributed by atoms with E-state index in [0.29, 0.717) is 0 Å². The highest BCUT2D eigenvalue weighted by molar-refractivity contribution is 5.68. The van der Waals surface area contributed by atoms with Crippen LogP contribution in [-0.2, 0) is 4.79 Å². The van der Waals surface area contributed by atoms with E-state index < -0.39 is 5.97 Å². The normalized spacial score (nSPS) is 12.9. The summed E-state index contributed by atoms with van der Waals surface area (Å²) in [5.74, 6) is -0.795. The zero-order valence-electron chi connectivity index (χ0n) is 11.0.